The Balaban J connectivity index is 0.000000567. The first-order chi connectivity index (χ1) is 18.4. The normalized spacial score (nSPS) is 21.5. The lowest BCUT2D eigenvalue weighted by atomic mass is 9.91. The zero-order valence-corrected chi connectivity index (χ0v) is 23.0. The topological polar surface area (TPSA) is 137 Å². The van der Waals surface area contributed by atoms with E-state index >= 15 is 0 Å². The molecule has 1 N–H and O–H groups in total. The standard InChI is InChI=1S/C25H26N4O4S.CH4O3S/c30-23-16-28(34(31,32)22-6-5-19-3-1-2-4-20(19)15-22)17-24-29(23)18-25(33-24)9-13-27(14-10-25)21-7-11-26-12-8-21;1-5(2,3)4/h1-8,11-12,15,24H,9-10,13-14,16-18H2;1H3,(H,2,3,4). The summed E-state index contributed by atoms with van der Waals surface area (Å²) in [6.45, 7) is 2.14. The van der Waals surface area contributed by atoms with Gasteiger partial charge in [-0.05, 0) is 47.9 Å². The van der Waals surface area contributed by atoms with E-state index in [9.17, 15) is 21.6 Å². The average Bonchev–Trinajstić information content (AvgIpc) is 3.26. The summed E-state index contributed by atoms with van der Waals surface area (Å²) < 4.78 is 60.4. The maximum atomic E-state index is 13.4. The summed E-state index contributed by atoms with van der Waals surface area (Å²) in [5.41, 5.74) is 0.705. The van der Waals surface area contributed by atoms with Crippen LogP contribution in [0.4, 0.5) is 5.69 Å². The Morgan fingerprint density at radius 3 is 2.28 bits per heavy atom. The number of piperidine rings is 1. The van der Waals surface area contributed by atoms with Crippen molar-refractivity contribution in [2.24, 2.45) is 0 Å². The van der Waals surface area contributed by atoms with E-state index in [0.717, 1.165) is 42.4 Å². The number of rotatable bonds is 3. The molecular formula is C26H30N4O7S2. The minimum atomic E-state index is -3.82. The van der Waals surface area contributed by atoms with Crippen molar-refractivity contribution in [1.82, 2.24) is 14.2 Å². The first kappa shape index (κ1) is 27.5. The lowest BCUT2D eigenvalue weighted by Crippen LogP contribution is -2.55. The number of benzene rings is 2. The number of nitrogens with zero attached hydrogens (tertiary/aromatic N) is 4. The van der Waals surface area contributed by atoms with Gasteiger partial charge in [-0.25, -0.2) is 8.42 Å². The summed E-state index contributed by atoms with van der Waals surface area (Å²) in [6, 6.07) is 16.7. The van der Waals surface area contributed by atoms with Gasteiger partial charge in [-0.1, -0.05) is 30.3 Å². The molecule has 3 aliphatic heterocycles. The first-order valence-corrected chi connectivity index (χ1v) is 15.8. The van der Waals surface area contributed by atoms with Gasteiger partial charge in [0.15, 0.2) is 0 Å². The van der Waals surface area contributed by atoms with E-state index in [4.69, 9.17) is 9.29 Å². The van der Waals surface area contributed by atoms with Crippen molar-refractivity contribution in [3.63, 3.8) is 0 Å². The van der Waals surface area contributed by atoms with E-state index in [1.54, 1.807) is 35.5 Å². The van der Waals surface area contributed by atoms with E-state index in [0.29, 0.717) is 12.8 Å². The highest BCUT2D eigenvalue weighted by molar-refractivity contribution is 7.89. The van der Waals surface area contributed by atoms with Crippen molar-refractivity contribution in [3.05, 3.63) is 67.0 Å². The van der Waals surface area contributed by atoms with Crippen molar-refractivity contribution in [2.75, 3.05) is 43.9 Å². The number of amides is 1. The number of aromatic nitrogens is 1. The first-order valence-electron chi connectivity index (χ1n) is 12.5. The van der Waals surface area contributed by atoms with Crippen LogP contribution in [-0.4, -0.2) is 92.3 Å². The summed E-state index contributed by atoms with van der Waals surface area (Å²) in [4.78, 5) is 21.3. The number of hydrogen-bond donors (Lipinski definition) is 1. The Hall–Kier alpha value is -3.10. The van der Waals surface area contributed by atoms with Gasteiger partial charge in [-0.2, -0.15) is 12.7 Å². The Labute approximate surface area is 227 Å². The summed E-state index contributed by atoms with van der Waals surface area (Å²) in [5.74, 6) is -0.200. The molecule has 3 aliphatic rings. The number of carbonyl (C=O) groups is 1. The van der Waals surface area contributed by atoms with Gasteiger partial charge < -0.3 is 14.5 Å². The third-order valence-electron chi connectivity index (χ3n) is 7.25. The summed E-state index contributed by atoms with van der Waals surface area (Å²) in [6.07, 6.45) is 5.31. The van der Waals surface area contributed by atoms with Crippen LogP contribution in [0.25, 0.3) is 10.8 Å². The number of anilines is 1. The minimum absolute atomic E-state index is 0.150. The molecule has 11 nitrogen and oxygen atoms in total. The van der Waals surface area contributed by atoms with Crippen LogP contribution in [0.1, 0.15) is 12.8 Å². The monoisotopic (exact) mass is 574 g/mol. The number of piperazine rings is 1. The highest BCUT2D eigenvalue weighted by atomic mass is 32.2. The summed E-state index contributed by atoms with van der Waals surface area (Å²) in [5, 5.41) is 1.83. The predicted octanol–water partition coefficient (Wildman–Crippen LogP) is 1.97. The van der Waals surface area contributed by atoms with Gasteiger partial charge in [-0.15, -0.1) is 0 Å². The molecule has 13 heteroatoms. The van der Waals surface area contributed by atoms with Crippen LogP contribution in [0, 0.1) is 0 Å². The SMILES string of the molecule is CS(=O)(=O)O.O=C1CN(S(=O)(=O)c2ccc3ccccc3c2)CC2OC3(CCN(c4ccncc4)CC3)CN12. The summed E-state index contributed by atoms with van der Waals surface area (Å²) in [7, 11) is -7.49. The van der Waals surface area contributed by atoms with Crippen molar-refractivity contribution in [2.45, 2.75) is 29.6 Å². The van der Waals surface area contributed by atoms with E-state index in [1.165, 1.54) is 4.31 Å². The van der Waals surface area contributed by atoms with Crippen molar-refractivity contribution in [1.29, 1.82) is 0 Å². The molecule has 1 spiro atoms. The van der Waals surface area contributed by atoms with Crippen LogP contribution in [0.2, 0.25) is 0 Å². The number of ether oxygens (including phenoxy) is 1. The molecule has 0 bridgehead atoms. The van der Waals surface area contributed by atoms with Crippen LogP contribution in [0.15, 0.2) is 71.9 Å². The smallest absolute Gasteiger partial charge is 0.261 e. The zero-order chi connectivity index (χ0) is 27.8. The largest absolute Gasteiger partial charge is 0.371 e. The lowest BCUT2D eigenvalue weighted by molar-refractivity contribution is -0.144. The van der Waals surface area contributed by atoms with E-state index < -0.39 is 32.0 Å². The van der Waals surface area contributed by atoms with Gasteiger partial charge in [0.25, 0.3) is 10.1 Å². The molecule has 39 heavy (non-hydrogen) atoms. The molecule has 3 aromatic rings. The molecule has 3 fully saturated rings. The Bertz CT molecular complexity index is 1570. The Morgan fingerprint density at radius 1 is 0.974 bits per heavy atom. The summed E-state index contributed by atoms with van der Waals surface area (Å²) >= 11 is 0. The molecule has 0 saturated carbocycles. The molecule has 1 aromatic heterocycles. The number of pyridine rings is 1. The predicted molar refractivity (Wildman–Crippen MR) is 145 cm³/mol. The number of carbonyl (C=O) groups excluding carboxylic acids is 1. The van der Waals surface area contributed by atoms with Crippen LogP contribution in [0.5, 0.6) is 0 Å². The van der Waals surface area contributed by atoms with Crippen molar-refractivity contribution < 1.29 is 30.9 Å². The van der Waals surface area contributed by atoms with Gasteiger partial charge in [-0.3, -0.25) is 14.3 Å². The maximum absolute atomic E-state index is 13.4. The fraction of sp³-hybridized carbons (Fsp3) is 0.385. The fourth-order valence-electron chi connectivity index (χ4n) is 5.33. The lowest BCUT2D eigenvalue weighted by Gasteiger charge is -2.39. The second-order valence-corrected chi connectivity index (χ2v) is 13.4. The second kappa shape index (κ2) is 10.5. The number of fused-ring (bicyclic) bond motifs is 2. The number of sulfonamides is 1. The van der Waals surface area contributed by atoms with Crippen LogP contribution in [-0.2, 0) is 29.7 Å². The van der Waals surface area contributed by atoms with Gasteiger partial charge in [0, 0.05) is 31.2 Å². The molecule has 1 atom stereocenters. The molecule has 2 aromatic carbocycles. The Morgan fingerprint density at radius 2 is 1.62 bits per heavy atom. The van der Waals surface area contributed by atoms with Crippen molar-refractivity contribution >= 4 is 42.5 Å². The fourth-order valence-corrected chi connectivity index (χ4v) is 6.75. The quantitative estimate of drug-likeness (QED) is 0.466. The molecule has 6 rings (SSSR count). The molecule has 0 aliphatic carbocycles. The van der Waals surface area contributed by atoms with E-state index in [1.807, 2.05) is 36.4 Å². The molecule has 4 heterocycles. The van der Waals surface area contributed by atoms with Crippen LogP contribution in [0.3, 0.4) is 0 Å². The average molecular weight is 575 g/mol. The van der Waals surface area contributed by atoms with Crippen LogP contribution < -0.4 is 4.90 Å². The molecular weight excluding hydrogens is 544 g/mol. The molecule has 1 unspecified atom stereocenters. The van der Waals surface area contributed by atoms with E-state index in [-0.39, 0.29) is 23.9 Å². The third-order valence-corrected chi connectivity index (χ3v) is 9.05. The van der Waals surface area contributed by atoms with Gasteiger partial charge in [0.1, 0.15) is 6.23 Å². The molecule has 0 radical (unpaired) electrons. The van der Waals surface area contributed by atoms with Gasteiger partial charge in [0.05, 0.1) is 36.4 Å². The molecule has 1 amide bonds. The zero-order valence-electron chi connectivity index (χ0n) is 21.4. The van der Waals surface area contributed by atoms with Gasteiger partial charge >= 0.3 is 0 Å². The number of hydrogen-bond acceptors (Lipinski definition) is 8. The molecule has 3 saturated heterocycles. The minimum Gasteiger partial charge on any atom is -0.371 e. The third kappa shape index (κ3) is 6.07. The van der Waals surface area contributed by atoms with Crippen LogP contribution >= 0.6 is 0 Å². The Kier molecular flexibility index (Phi) is 7.37. The molecule has 208 valence electrons. The second-order valence-electron chi connectivity index (χ2n) is 10.0. The highest BCUT2D eigenvalue weighted by Crippen LogP contribution is 2.38. The van der Waals surface area contributed by atoms with Gasteiger partial charge in [0.2, 0.25) is 15.9 Å². The maximum Gasteiger partial charge on any atom is 0.261 e. The highest BCUT2D eigenvalue weighted by Gasteiger charge is 2.52. The van der Waals surface area contributed by atoms with Crippen molar-refractivity contribution in [3.8, 4) is 0 Å². The van der Waals surface area contributed by atoms with E-state index in [2.05, 4.69) is 9.88 Å².